The fraction of sp³-hybridized carbons (Fsp3) is 0.909. The van der Waals surface area contributed by atoms with E-state index in [4.69, 9.17) is 5.11 Å². The Labute approximate surface area is 91.6 Å². The summed E-state index contributed by atoms with van der Waals surface area (Å²) in [6, 6.07) is 1.19. The molecule has 1 aliphatic heterocycles. The second kappa shape index (κ2) is 6.08. The topological polar surface area (TPSA) is 52.6 Å². The molecule has 0 aromatic heterocycles. The summed E-state index contributed by atoms with van der Waals surface area (Å²) in [6.07, 6.45) is 2.72. The molecule has 0 aromatic carbocycles. The van der Waals surface area contributed by atoms with Crippen LogP contribution in [0.5, 0.6) is 0 Å². The summed E-state index contributed by atoms with van der Waals surface area (Å²) in [5.41, 5.74) is 0. The van der Waals surface area contributed by atoms with Crippen LogP contribution in [0.4, 0.5) is 0 Å². The van der Waals surface area contributed by atoms with Gasteiger partial charge in [-0.05, 0) is 33.2 Å². The molecule has 0 unspecified atom stereocenters. The molecule has 2 N–H and O–H groups in total. The van der Waals surface area contributed by atoms with Gasteiger partial charge < -0.3 is 10.4 Å². The Morgan fingerprint density at radius 1 is 1.60 bits per heavy atom. The first kappa shape index (κ1) is 12.5. The van der Waals surface area contributed by atoms with Gasteiger partial charge >= 0.3 is 5.97 Å². The van der Waals surface area contributed by atoms with Gasteiger partial charge in [0.2, 0.25) is 0 Å². The molecule has 0 bridgehead atoms. The predicted octanol–water partition coefficient (Wildman–Crippen LogP) is 0.923. The largest absolute Gasteiger partial charge is 0.481 e. The Kier molecular flexibility index (Phi) is 5.05. The molecule has 0 aliphatic carbocycles. The summed E-state index contributed by atoms with van der Waals surface area (Å²) in [7, 11) is 0. The number of carboxylic acids is 1. The molecule has 1 atom stereocenters. The van der Waals surface area contributed by atoms with Gasteiger partial charge in [0.25, 0.3) is 0 Å². The van der Waals surface area contributed by atoms with Crippen LogP contribution in [0.1, 0.15) is 33.1 Å². The van der Waals surface area contributed by atoms with Crippen molar-refractivity contribution >= 4 is 5.97 Å². The fourth-order valence-corrected chi connectivity index (χ4v) is 2.22. The first-order valence-corrected chi connectivity index (χ1v) is 5.79. The van der Waals surface area contributed by atoms with Crippen molar-refractivity contribution in [1.82, 2.24) is 10.2 Å². The molecule has 1 rings (SSSR count). The summed E-state index contributed by atoms with van der Waals surface area (Å²) < 4.78 is 0. The van der Waals surface area contributed by atoms with Crippen LogP contribution in [0.15, 0.2) is 0 Å². The second-order valence-corrected chi connectivity index (χ2v) is 4.48. The van der Waals surface area contributed by atoms with E-state index in [-0.39, 0.29) is 6.42 Å². The molecular formula is C11H22N2O2. The maximum atomic E-state index is 10.3. The highest BCUT2D eigenvalue weighted by Crippen LogP contribution is 2.18. The summed E-state index contributed by atoms with van der Waals surface area (Å²) >= 11 is 0. The first-order chi connectivity index (χ1) is 7.11. The number of carboxylic acid groups (broad SMARTS) is 1. The maximum Gasteiger partial charge on any atom is 0.304 e. The molecule has 0 amide bonds. The number of likely N-dealkylation sites (tertiary alicyclic amines) is 1. The van der Waals surface area contributed by atoms with Gasteiger partial charge in [0.15, 0.2) is 0 Å². The molecule has 1 fully saturated rings. The SMILES string of the molecule is CC(C)N1CCC[C@H]1CNCCC(=O)O. The van der Waals surface area contributed by atoms with Crippen LogP contribution in [0.3, 0.4) is 0 Å². The maximum absolute atomic E-state index is 10.3. The summed E-state index contributed by atoms with van der Waals surface area (Å²) in [6.45, 7) is 7.12. The fourth-order valence-electron chi connectivity index (χ4n) is 2.22. The molecule has 88 valence electrons. The van der Waals surface area contributed by atoms with Gasteiger partial charge in [-0.2, -0.15) is 0 Å². The zero-order valence-corrected chi connectivity index (χ0v) is 9.70. The summed E-state index contributed by atoms with van der Waals surface area (Å²) in [5.74, 6) is -0.727. The molecule has 15 heavy (non-hydrogen) atoms. The van der Waals surface area contributed by atoms with Crippen molar-refractivity contribution in [3.63, 3.8) is 0 Å². The molecule has 0 radical (unpaired) electrons. The molecule has 1 saturated heterocycles. The molecule has 0 aromatic rings. The average Bonchev–Trinajstić information content (AvgIpc) is 2.60. The van der Waals surface area contributed by atoms with Crippen LogP contribution in [0, 0.1) is 0 Å². The Balaban J connectivity index is 2.17. The highest BCUT2D eigenvalue weighted by atomic mass is 16.4. The number of rotatable bonds is 6. The van der Waals surface area contributed by atoms with E-state index < -0.39 is 5.97 Å². The van der Waals surface area contributed by atoms with Crippen molar-refractivity contribution in [3.8, 4) is 0 Å². The number of hydrogen-bond donors (Lipinski definition) is 2. The molecule has 1 aliphatic rings. The van der Waals surface area contributed by atoms with Gasteiger partial charge in [-0.15, -0.1) is 0 Å². The van der Waals surface area contributed by atoms with Gasteiger partial charge in [-0.3, -0.25) is 9.69 Å². The lowest BCUT2D eigenvalue weighted by Gasteiger charge is -2.28. The highest BCUT2D eigenvalue weighted by Gasteiger charge is 2.25. The van der Waals surface area contributed by atoms with Gasteiger partial charge in [0.1, 0.15) is 0 Å². The molecule has 4 nitrogen and oxygen atoms in total. The minimum absolute atomic E-state index is 0.217. The van der Waals surface area contributed by atoms with E-state index in [2.05, 4.69) is 24.1 Å². The molecule has 0 spiro atoms. The number of aliphatic carboxylic acids is 1. The number of hydrogen-bond acceptors (Lipinski definition) is 3. The zero-order valence-electron chi connectivity index (χ0n) is 9.70. The van der Waals surface area contributed by atoms with Crippen molar-refractivity contribution < 1.29 is 9.90 Å². The predicted molar refractivity (Wildman–Crippen MR) is 60.0 cm³/mol. The summed E-state index contributed by atoms with van der Waals surface area (Å²) in [4.78, 5) is 12.8. The van der Waals surface area contributed by atoms with Gasteiger partial charge in [0.05, 0.1) is 6.42 Å². The van der Waals surface area contributed by atoms with Crippen LogP contribution in [-0.4, -0.2) is 47.7 Å². The van der Waals surface area contributed by atoms with E-state index in [1.165, 1.54) is 19.4 Å². The van der Waals surface area contributed by atoms with E-state index in [0.29, 0.717) is 18.6 Å². The average molecular weight is 214 g/mol. The third-order valence-corrected chi connectivity index (χ3v) is 2.98. The van der Waals surface area contributed by atoms with E-state index in [1.807, 2.05) is 0 Å². The Morgan fingerprint density at radius 3 is 2.93 bits per heavy atom. The van der Waals surface area contributed by atoms with Crippen LogP contribution in [0.25, 0.3) is 0 Å². The van der Waals surface area contributed by atoms with E-state index in [9.17, 15) is 4.79 Å². The van der Waals surface area contributed by atoms with Crippen LogP contribution >= 0.6 is 0 Å². The van der Waals surface area contributed by atoms with E-state index >= 15 is 0 Å². The van der Waals surface area contributed by atoms with E-state index in [0.717, 1.165) is 6.54 Å². The smallest absolute Gasteiger partial charge is 0.304 e. The van der Waals surface area contributed by atoms with Gasteiger partial charge in [0, 0.05) is 25.2 Å². The lowest BCUT2D eigenvalue weighted by molar-refractivity contribution is -0.136. The van der Waals surface area contributed by atoms with Crippen molar-refractivity contribution in [3.05, 3.63) is 0 Å². The molecular weight excluding hydrogens is 192 g/mol. The number of nitrogens with one attached hydrogen (secondary N) is 1. The number of carbonyl (C=O) groups is 1. The summed E-state index contributed by atoms with van der Waals surface area (Å²) in [5, 5.41) is 11.7. The van der Waals surface area contributed by atoms with Crippen LogP contribution in [0.2, 0.25) is 0 Å². The third kappa shape index (κ3) is 4.18. The Bertz CT molecular complexity index is 207. The zero-order chi connectivity index (χ0) is 11.3. The minimum Gasteiger partial charge on any atom is -0.481 e. The monoisotopic (exact) mass is 214 g/mol. The van der Waals surface area contributed by atoms with Crippen molar-refractivity contribution in [1.29, 1.82) is 0 Å². The van der Waals surface area contributed by atoms with Gasteiger partial charge in [-0.25, -0.2) is 0 Å². The third-order valence-electron chi connectivity index (χ3n) is 2.98. The Morgan fingerprint density at radius 2 is 2.33 bits per heavy atom. The standard InChI is InChI=1S/C11H22N2O2/c1-9(2)13-7-3-4-10(13)8-12-6-5-11(14)15/h9-10,12H,3-8H2,1-2H3,(H,14,15)/t10-/m0/s1. The van der Waals surface area contributed by atoms with Crippen molar-refractivity contribution in [2.75, 3.05) is 19.6 Å². The van der Waals surface area contributed by atoms with Crippen LogP contribution < -0.4 is 5.32 Å². The second-order valence-electron chi connectivity index (χ2n) is 4.48. The lowest BCUT2D eigenvalue weighted by atomic mass is 10.2. The first-order valence-electron chi connectivity index (χ1n) is 5.79. The van der Waals surface area contributed by atoms with Crippen molar-refractivity contribution in [2.24, 2.45) is 0 Å². The van der Waals surface area contributed by atoms with Crippen LogP contribution in [-0.2, 0) is 4.79 Å². The highest BCUT2D eigenvalue weighted by molar-refractivity contribution is 5.66. The quantitative estimate of drug-likeness (QED) is 0.646. The number of nitrogens with zero attached hydrogens (tertiary/aromatic N) is 1. The minimum atomic E-state index is -0.727. The molecule has 1 heterocycles. The lowest BCUT2D eigenvalue weighted by Crippen LogP contribution is -2.42. The molecule has 0 saturated carbocycles. The molecule has 4 heteroatoms. The van der Waals surface area contributed by atoms with Gasteiger partial charge in [-0.1, -0.05) is 0 Å². The van der Waals surface area contributed by atoms with E-state index in [1.54, 1.807) is 0 Å². The Hall–Kier alpha value is -0.610. The van der Waals surface area contributed by atoms with Crippen molar-refractivity contribution in [2.45, 2.75) is 45.2 Å². The normalized spacial score (nSPS) is 22.5.